The summed E-state index contributed by atoms with van der Waals surface area (Å²) in [5, 5.41) is 17.9. The molecular formula is C11H20O5. The van der Waals surface area contributed by atoms with Crippen LogP contribution in [0.5, 0.6) is 0 Å². The number of esters is 1. The first-order valence-corrected chi connectivity index (χ1v) is 5.57. The molecule has 5 nitrogen and oxygen atoms in total. The highest BCUT2D eigenvalue weighted by Crippen LogP contribution is 2.14. The fraction of sp³-hybridized carbons (Fsp3) is 0.818. The number of ketones is 1. The van der Waals surface area contributed by atoms with Gasteiger partial charge in [-0.1, -0.05) is 19.8 Å². The summed E-state index contributed by atoms with van der Waals surface area (Å²) in [5.74, 6) is -2.23. The van der Waals surface area contributed by atoms with Crippen molar-refractivity contribution in [2.24, 2.45) is 5.92 Å². The summed E-state index contributed by atoms with van der Waals surface area (Å²) in [5.41, 5.74) is 0. The highest BCUT2D eigenvalue weighted by molar-refractivity contribution is 6.01. The van der Waals surface area contributed by atoms with Gasteiger partial charge in [-0.3, -0.25) is 9.59 Å². The molecule has 0 spiro atoms. The van der Waals surface area contributed by atoms with Crippen LogP contribution in [0.2, 0.25) is 0 Å². The van der Waals surface area contributed by atoms with Crippen LogP contribution in [-0.2, 0) is 14.3 Å². The zero-order chi connectivity index (χ0) is 12.6. The molecule has 16 heavy (non-hydrogen) atoms. The number of carbonyl (C=O) groups is 2. The number of Topliss-reactive ketones (excluding diaryl/α,β-unsaturated/α-hetero) is 1. The van der Waals surface area contributed by atoms with Crippen molar-refractivity contribution in [2.45, 2.75) is 39.2 Å². The average Bonchev–Trinajstić information content (AvgIpc) is 2.28. The molecule has 0 bridgehead atoms. The van der Waals surface area contributed by atoms with E-state index in [0.717, 1.165) is 6.42 Å². The van der Waals surface area contributed by atoms with E-state index in [2.05, 4.69) is 0 Å². The van der Waals surface area contributed by atoms with Crippen molar-refractivity contribution >= 4 is 11.8 Å². The van der Waals surface area contributed by atoms with E-state index in [0.29, 0.717) is 12.8 Å². The van der Waals surface area contributed by atoms with Crippen molar-refractivity contribution in [3.63, 3.8) is 0 Å². The molecule has 2 unspecified atom stereocenters. The Hall–Kier alpha value is -0.940. The predicted molar refractivity (Wildman–Crippen MR) is 57.7 cm³/mol. The van der Waals surface area contributed by atoms with Crippen LogP contribution in [0.3, 0.4) is 0 Å². The molecule has 0 aliphatic heterocycles. The van der Waals surface area contributed by atoms with Crippen LogP contribution in [0.4, 0.5) is 0 Å². The topological polar surface area (TPSA) is 83.8 Å². The molecule has 0 saturated carbocycles. The molecule has 0 saturated heterocycles. The third-order valence-electron chi connectivity index (χ3n) is 2.26. The Morgan fingerprint density at radius 1 is 1.31 bits per heavy atom. The van der Waals surface area contributed by atoms with Crippen LogP contribution >= 0.6 is 0 Å². The number of hydrogen-bond acceptors (Lipinski definition) is 5. The van der Waals surface area contributed by atoms with E-state index in [1.165, 1.54) is 0 Å². The van der Waals surface area contributed by atoms with Gasteiger partial charge in [0.1, 0.15) is 12.0 Å². The van der Waals surface area contributed by atoms with Gasteiger partial charge in [-0.15, -0.1) is 0 Å². The van der Waals surface area contributed by atoms with Gasteiger partial charge >= 0.3 is 5.97 Å². The number of carbonyl (C=O) groups excluding carboxylic acids is 2. The molecule has 0 rings (SSSR count). The Morgan fingerprint density at radius 3 is 2.38 bits per heavy atom. The third kappa shape index (κ3) is 4.72. The van der Waals surface area contributed by atoms with E-state index in [-0.39, 0.29) is 6.61 Å². The largest absolute Gasteiger partial charge is 0.465 e. The number of unbranched alkanes of at least 4 members (excludes halogenated alkanes) is 1. The predicted octanol–water partition coefficient (Wildman–Crippen LogP) is 0.278. The van der Waals surface area contributed by atoms with Gasteiger partial charge in [-0.05, 0) is 13.3 Å². The highest BCUT2D eigenvalue weighted by atomic mass is 16.5. The van der Waals surface area contributed by atoms with Gasteiger partial charge in [0.15, 0.2) is 5.78 Å². The van der Waals surface area contributed by atoms with Gasteiger partial charge in [0, 0.05) is 0 Å². The zero-order valence-corrected chi connectivity index (χ0v) is 9.81. The molecule has 0 radical (unpaired) electrons. The van der Waals surface area contributed by atoms with Gasteiger partial charge in [0.2, 0.25) is 0 Å². The second-order valence-corrected chi connectivity index (χ2v) is 3.55. The summed E-state index contributed by atoms with van der Waals surface area (Å²) in [6, 6.07) is 0. The first kappa shape index (κ1) is 15.1. The van der Waals surface area contributed by atoms with Crippen molar-refractivity contribution in [2.75, 3.05) is 13.2 Å². The lowest BCUT2D eigenvalue weighted by Crippen LogP contribution is -2.36. The van der Waals surface area contributed by atoms with E-state index < -0.39 is 30.4 Å². The van der Waals surface area contributed by atoms with Crippen molar-refractivity contribution in [1.82, 2.24) is 0 Å². The van der Waals surface area contributed by atoms with Crippen LogP contribution in [0.25, 0.3) is 0 Å². The Morgan fingerprint density at radius 2 is 1.94 bits per heavy atom. The second-order valence-electron chi connectivity index (χ2n) is 3.55. The second kappa shape index (κ2) is 8.24. The maximum atomic E-state index is 11.6. The van der Waals surface area contributed by atoms with E-state index in [1.807, 2.05) is 6.92 Å². The molecule has 0 amide bonds. The molecular weight excluding hydrogens is 212 g/mol. The van der Waals surface area contributed by atoms with Crippen LogP contribution in [0.1, 0.15) is 33.1 Å². The number of hydrogen-bond donors (Lipinski definition) is 2. The van der Waals surface area contributed by atoms with Crippen LogP contribution in [-0.4, -0.2) is 41.3 Å². The molecule has 0 fully saturated rings. The first-order valence-electron chi connectivity index (χ1n) is 5.57. The van der Waals surface area contributed by atoms with E-state index in [9.17, 15) is 14.7 Å². The lowest BCUT2D eigenvalue weighted by atomic mass is 9.94. The monoisotopic (exact) mass is 232 g/mol. The summed E-state index contributed by atoms with van der Waals surface area (Å²) in [6.07, 6.45) is 0.406. The Balaban J connectivity index is 4.52. The molecule has 5 heteroatoms. The zero-order valence-electron chi connectivity index (χ0n) is 9.81. The Bertz CT molecular complexity index is 226. The third-order valence-corrected chi connectivity index (χ3v) is 2.26. The summed E-state index contributed by atoms with van der Waals surface area (Å²) in [7, 11) is 0. The molecule has 2 atom stereocenters. The number of ether oxygens (including phenoxy) is 1. The molecule has 0 aromatic heterocycles. The van der Waals surface area contributed by atoms with E-state index in [4.69, 9.17) is 9.84 Å². The molecule has 0 aromatic carbocycles. The summed E-state index contributed by atoms with van der Waals surface area (Å²) < 4.78 is 4.76. The van der Waals surface area contributed by atoms with Crippen molar-refractivity contribution in [3.05, 3.63) is 0 Å². The van der Waals surface area contributed by atoms with Gasteiger partial charge in [0.05, 0.1) is 13.2 Å². The van der Waals surface area contributed by atoms with E-state index >= 15 is 0 Å². The van der Waals surface area contributed by atoms with Gasteiger partial charge in [-0.2, -0.15) is 0 Å². The standard InChI is InChI=1S/C11H20O5/c1-3-5-6-8(11(15)16-4-2)10(14)9(13)7-12/h8-9,12-13H,3-7H2,1-2H3. The van der Waals surface area contributed by atoms with Crippen molar-refractivity contribution in [3.8, 4) is 0 Å². The normalized spacial score (nSPS) is 14.2. The van der Waals surface area contributed by atoms with Crippen molar-refractivity contribution in [1.29, 1.82) is 0 Å². The Labute approximate surface area is 95.4 Å². The highest BCUT2D eigenvalue weighted by Gasteiger charge is 2.31. The van der Waals surface area contributed by atoms with Gasteiger partial charge < -0.3 is 14.9 Å². The van der Waals surface area contributed by atoms with Gasteiger partial charge in [0.25, 0.3) is 0 Å². The van der Waals surface area contributed by atoms with E-state index in [1.54, 1.807) is 6.92 Å². The summed E-state index contributed by atoms with van der Waals surface area (Å²) in [4.78, 5) is 23.1. The first-order chi connectivity index (χ1) is 7.58. The average molecular weight is 232 g/mol. The molecule has 2 N–H and O–H groups in total. The number of rotatable bonds is 8. The number of aliphatic hydroxyl groups excluding tert-OH is 2. The van der Waals surface area contributed by atoms with Crippen LogP contribution in [0, 0.1) is 5.92 Å². The number of aliphatic hydroxyl groups is 2. The molecule has 0 aliphatic rings. The molecule has 0 aliphatic carbocycles. The molecule has 0 heterocycles. The minimum absolute atomic E-state index is 0.198. The fourth-order valence-electron chi connectivity index (χ4n) is 1.35. The molecule has 94 valence electrons. The lowest BCUT2D eigenvalue weighted by Gasteiger charge is -2.16. The van der Waals surface area contributed by atoms with Crippen LogP contribution in [0.15, 0.2) is 0 Å². The minimum Gasteiger partial charge on any atom is -0.465 e. The fourth-order valence-corrected chi connectivity index (χ4v) is 1.35. The summed E-state index contributed by atoms with van der Waals surface area (Å²) in [6.45, 7) is 3.13. The minimum atomic E-state index is -1.49. The Kier molecular flexibility index (Phi) is 7.76. The summed E-state index contributed by atoms with van der Waals surface area (Å²) >= 11 is 0. The smallest absolute Gasteiger partial charge is 0.316 e. The van der Waals surface area contributed by atoms with Crippen molar-refractivity contribution < 1.29 is 24.5 Å². The quantitative estimate of drug-likeness (QED) is 0.464. The maximum absolute atomic E-state index is 11.6. The maximum Gasteiger partial charge on any atom is 0.316 e. The van der Waals surface area contributed by atoms with Gasteiger partial charge in [-0.25, -0.2) is 0 Å². The lowest BCUT2D eigenvalue weighted by molar-refractivity contribution is -0.154. The molecule has 0 aromatic rings. The SMILES string of the molecule is CCCCC(C(=O)OCC)C(=O)C(O)CO. The van der Waals surface area contributed by atoms with Crippen LogP contribution < -0.4 is 0 Å².